The second-order valence-corrected chi connectivity index (χ2v) is 6.06. The van der Waals surface area contributed by atoms with E-state index in [-0.39, 0.29) is 11.3 Å². The van der Waals surface area contributed by atoms with Crippen molar-refractivity contribution >= 4 is 10.2 Å². The minimum Gasteiger partial charge on any atom is -0.195 e. The molecule has 3 rings (SSSR count). The van der Waals surface area contributed by atoms with Crippen molar-refractivity contribution in [3.63, 3.8) is 0 Å². The van der Waals surface area contributed by atoms with E-state index in [2.05, 4.69) is 6.08 Å². The van der Waals surface area contributed by atoms with Gasteiger partial charge in [-0.1, -0.05) is 12.2 Å². The van der Waals surface area contributed by atoms with E-state index in [1.165, 1.54) is 0 Å². The zero-order valence-electron chi connectivity index (χ0n) is 7.11. The van der Waals surface area contributed by atoms with Crippen LogP contribution in [0, 0.1) is 17.3 Å². The van der Waals surface area contributed by atoms with Crippen molar-refractivity contribution < 1.29 is 12.3 Å². The highest BCUT2D eigenvalue weighted by molar-refractivity contribution is 7.87. The molecule has 0 saturated heterocycles. The minimum atomic E-state index is -4.32. The summed E-state index contributed by atoms with van der Waals surface area (Å²) in [5.74, 6) is 0.320. The molecule has 72 valence electrons. The number of hydrogen-bond donors (Lipinski definition) is 0. The molecule has 3 atom stereocenters. The lowest BCUT2D eigenvalue weighted by molar-refractivity contribution is 0.402. The lowest BCUT2D eigenvalue weighted by Gasteiger charge is -2.15. The van der Waals surface area contributed by atoms with Gasteiger partial charge in [-0.2, -0.15) is 8.42 Å². The van der Waals surface area contributed by atoms with Gasteiger partial charge in [0.1, 0.15) is 0 Å². The third-order valence-corrected chi connectivity index (χ3v) is 5.24. The number of halogens is 1. The van der Waals surface area contributed by atoms with Crippen molar-refractivity contribution in [2.24, 2.45) is 17.3 Å². The Morgan fingerprint density at radius 1 is 1.31 bits per heavy atom. The summed E-state index contributed by atoms with van der Waals surface area (Å²) in [4.78, 5) is 0. The Bertz CT molecular complexity index is 380. The van der Waals surface area contributed by atoms with Crippen molar-refractivity contribution in [1.82, 2.24) is 0 Å². The quantitative estimate of drug-likeness (QED) is 0.478. The normalized spacial score (nSPS) is 44.5. The smallest absolute Gasteiger partial charge is 0.195 e. The van der Waals surface area contributed by atoms with Gasteiger partial charge >= 0.3 is 10.2 Å². The molecule has 0 amide bonds. The molecule has 2 bridgehead atoms. The van der Waals surface area contributed by atoms with Crippen LogP contribution in [0.4, 0.5) is 3.89 Å². The highest BCUT2D eigenvalue weighted by Crippen LogP contribution is 2.69. The molecule has 2 fully saturated rings. The SMILES string of the molecule is O=S(=O)(F)C1CC2C=CC1C21CC1. The Hall–Kier alpha value is -0.380. The molecule has 0 aromatic heterocycles. The molecule has 0 aromatic carbocycles. The van der Waals surface area contributed by atoms with Crippen molar-refractivity contribution in [2.75, 3.05) is 0 Å². The lowest BCUT2D eigenvalue weighted by Crippen LogP contribution is -2.23. The van der Waals surface area contributed by atoms with Gasteiger partial charge in [-0.3, -0.25) is 0 Å². The summed E-state index contributed by atoms with van der Waals surface area (Å²) in [7, 11) is -4.32. The molecular formula is C9H11FO2S. The van der Waals surface area contributed by atoms with Crippen molar-refractivity contribution in [1.29, 1.82) is 0 Å². The van der Waals surface area contributed by atoms with Gasteiger partial charge in [0.2, 0.25) is 0 Å². The molecule has 3 unspecified atom stereocenters. The van der Waals surface area contributed by atoms with E-state index in [1.807, 2.05) is 6.08 Å². The van der Waals surface area contributed by atoms with Gasteiger partial charge in [-0.15, -0.1) is 3.89 Å². The van der Waals surface area contributed by atoms with E-state index in [0.29, 0.717) is 12.3 Å². The fourth-order valence-corrected chi connectivity index (χ4v) is 4.38. The average Bonchev–Trinajstić information content (AvgIpc) is 2.67. The summed E-state index contributed by atoms with van der Waals surface area (Å²) in [5, 5.41) is -0.731. The highest BCUT2D eigenvalue weighted by Gasteiger charge is 2.65. The molecule has 13 heavy (non-hydrogen) atoms. The van der Waals surface area contributed by atoms with Crippen molar-refractivity contribution in [2.45, 2.75) is 24.5 Å². The number of hydrogen-bond acceptors (Lipinski definition) is 2. The number of rotatable bonds is 1. The van der Waals surface area contributed by atoms with E-state index in [1.54, 1.807) is 0 Å². The van der Waals surface area contributed by atoms with E-state index in [0.717, 1.165) is 12.8 Å². The maximum Gasteiger partial charge on any atom is 0.305 e. The summed E-state index contributed by atoms with van der Waals surface area (Å²) in [5.41, 5.74) is 0.170. The van der Waals surface area contributed by atoms with Gasteiger partial charge in [0.05, 0.1) is 5.25 Å². The molecule has 0 aliphatic heterocycles. The summed E-state index contributed by atoms with van der Waals surface area (Å²) in [6.45, 7) is 0. The molecule has 2 nitrogen and oxygen atoms in total. The fourth-order valence-electron chi connectivity index (χ4n) is 3.23. The van der Waals surface area contributed by atoms with Crippen LogP contribution in [0.3, 0.4) is 0 Å². The van der Waals surface area contributed by atoms with Crippen molar-refractivity contribution in [3.05, 3.63) is 12.2 Å². The lowest BCUT2D eigenvalue weighted by atomic mass is 9.93. The molecule has 0 N–H and O–H groups in total. The van der Waals surface area contributed by atoms with Crippen LogP contribution < -0.4 is 0 Å². The topological polar surface area (TPSA) is 34.1 Å². The largest absolute Gasteiger partial charge is 0.305 e. The molecule has 3 aliphatic carbocycles. The van der Waals surface area contributed by atoms with Crippen LogP contribution >= 0.6 is 0 Å². The Kier molecular flexibility index (Phi) is 1.22. The van der Waals surface area contributed by atoms with Crippen LogP contribution in [0.25, 0.3) is 0 Å². The zero-order chi connectivity index (χ0) is 9.27. The Labute approximate surface area is 77.0 Å². The molecule has 2 saturated carbocycles. The first kappa shape index (κ1) is 7.97. The second kappa shape index (κ2) is 2.00. The van der Waals surface area contributed by atoms with Crippen LogP contribution in [0.15, 0.2) is 12.2 Å². The predicted octanol–water partition coefficient (Wildman–Crippen LogP) is 1.64. The first-order valence-corrected chi connectivity index (χ1v) is 6.10. The summed E-state index contributed by atoms with van der Waals surface area (Å²) in [6, 6.07) is 0. The van der Waals surface area contributed by atoms with Gasteiger partial charge in [-0.25, -0.2) is 0 Å². The maximum absolute atomic E-state index is 12.9. The van der Waals surface area contributed by atoms with Crippen LogP contribution in [0.2, 0.25) is 0 Å². The molecule has 4 heteroatoms. The third kappa shape index (κ3) is 0.848. The van der Waals surface area contributed by atoms with E-state index in [9.17, 15) is 12.3 Å². The van der Waals surface area contributed by atoms with E-state index < -0.39 is 15.5 Å². The average molecular weight is 202 g/mol. The van der Waals surface area contributed by atoms with Gasteiger partial charge in [-0.05, 0) is 30.6 Å². The predicted molar refractivity (Wildman–Crippen MR) is 46.2 cm³/mol. The van der Waals surface area contributed by atoms with Gasteiger partial charge in [0, 0.05) is 5.92 Å². The van der Waals surface area contributed by atoms with Crippen LogP contribution in [-0.4, -0.2) is 13.7 Å². The first-order valence-electron chi connectivity index (χ1n) is 4.66. The first-order chi connectivity index (χ1) is 6.04. The monoisotopic (exact) mass is 202 g/mol. The Morgan fingerprint density at radius 3 is 2.38 bits per heavy atom. The fraction of sp³-hybridized carbons (Fsp3) is 0.778. The summed E-state index contributed by atoms with van der Waals surface area (Å²) in [6.07, 6.45) is 6.69. The summed E-state index contributed by atoms with van der Waals surface area (Å²) >= 11 is 0. The summed E-state index contributed by atoms with van der Waals surface area (Å²) < 4.78 is 34.5. The Balaban J connectivity index is 2.02. The zero-order valence-corrected chi connectivity index (χ0v) is 7.93. The molecule has 0 heterocycles. The standard InChI is InChI=1S/C9H11FO2S/c10-13(11,12)8-5-6-1-2-7(8)9(6)3-4-9/h1-2,6-8H,3-5H2. The number of allylic oxidation sites excluding steroid dienone is 2. The van der Waals surface area contributed by atoms with Crippen LogP contribution in [-0.2, 0) is 10.2 Å². The molecule has 0 radical (unpaired) electrons. The molecule has 1 spiro atoms. The van der Waals surface area contributed by atoms with Crippen molar-refractivity contribution in [3.8, 4) is 0 Å². The molecule has 3 aliphatic rings. The van der Waals surface area contributed by atoms with Crippen LogP contribution in [0.5, 0.6) is 0 Å². The molecular weight excluding hydrogens is 191 g/mol. The minimum absolute atomic E-state index is 0.0208. The molecule has 0 aromatic rings. The highest BCUT2D eigenvalue weighted by atomic mass is 32.3. The van der Waals surface area contributed by atoms with E-state index in [4.69, 9.17) is 0 Å². The van der Waals surface area contributed by atoms with E-state index >= 15 is 0 Å². The van der Waals surface area contributed by atoms with Gasteiger partial charge < -0.3 is 0 Å². The maximum atomic E-state index is 12.9. The van der Waals surface area contributed by atoms with Gasteiger partial charge in [0.25, 0.3) is 0 Å². The Morgan fingerprint density at radius 2 is 2.00 bits per heavy atom. The van der Waals surface area contributed by atoms with Crippen LogP contribution in [0.1, 0.15) is 19.3 Å². The third-order valence-electron chi connectivity index (χ3n) is 4.03. The van der Waals surface area contributed by atoms with Gasteiger partial charge in [0.15, 0.2) is 0 Å². The second-order valence-electron chi connectivity index (χ2n) is 4.50.